The molecule has 0 saturated heterocycles. The van der Waals surface area contributed by atoms with Crippen LogP contribution in [-0.2, 0) is 13.6 Å². The summed E-state index contributed by atoms with van der Waals surface area (Å²) in [5.41, 5.74) is 2.22. The predicted molar refractivity (Wildman–Crippen MR) is 82.4 cm³/mol. The third-order valence-corrected chi connectivity index (χ3v) is 4.59. The summed E-state index contributed by atoms with van der Waals surface area (Å²) in [4.78, 5) is 5.88. The number of fused-ring (bicyclic) bond motifs is 1. The maximum absolute atomic E-state index is 4.76. The molecular weight excluding hydrogens is 282 g/mol. The molecule has 108 valence electrons. The first-order chi connectivity index (χ1) is 10.3. The van der Waals surface area contributed by atoms with Crippen molar-refractivity contribution in [2.75, 3.05) is 0 Å². The van der Waals surface area contributed by atoms with Crippen molar-refractivity contribution in [2.24, 2.45) is 7.05 Å². The maximum Gasteiger partial charge on any atom is 0.138 e. The molecule has 5 nitrogen and oxygen atoms in total. The van der Waals surface area contributed by atoms with Crippen LogP contribution in [0.25, 0.3) is 5.65 Å². The Morgan fingerprint density at radius 2 is 2.29 bits per heavy atom. The molecule has 0 aromatic carbocycles. The normalized spacial score (nSPS) is 14.9. The van der Waals surface area contributed by atoms with Crippen molar-refractivity contribution in [3.05, 3.63) is 42.5 Å². The Hall–Kier alpha value is -1.79. The Morgan fingerprint density at radius 3 is 3.05 bits per heavy atom. The number of aryl methyl sites for hydroxylation is 1. The molecule has 1 saturated carbocycles. The number of hydrogen-bond donors (Lipinski definition) is 1. The van der Waals surface area contributed by atoms with Crippen molar-refractivity contribution in [1.82, 2.24) is 24.5 Å². The van der Waals surface area contributed by atoms with Gasteiger partial charge >= 0.3 is 0 Å². The van der Waals surface area contributed by atoms with E-state index in [4.69, 9.17) is 4.98 Å². The lowest BCUT2D eigenvalue weighted by Crippen LogP contribution is -2.17. The van der Waals surface area contributed by atoms with Gasteiger partial charge in [0.25, 0.3) is 0 Å². The van der Waals surface area contributed by atoms with E-state index in [2.05, 4.69) is 21.0 Å². The fourth-order valence-electron chi connectivity index (χ4n) is 2.36. The van der Waals surface area contributed by atoms with Crippen molar-refractivity contribution in [3.63, 3.8) is 0 Å². The highest BCUT2D eigenvalue weighted by atomic mass is 32.2. The van der Waals surface area contributed by atoms with E-state index in [0.717, 1.165) is 22.1 Å². The molecule has 0 radical (unpaired) electrons. The molecule has 1 N–H and O–H groups in total. The van der Waals surface area contributed by atoms with E-state index in [9.17, 15) is 0 Å². The molecule has 0 spiro atoms. The minimum Gasteiger partial charge on any atom is -0.308 e. The van der Waals surface area contributed by atoms with Crippen LogP contribution < -0.4 is 5.32 Å². The molecule has 0 unspecified atom stereocenters. The van der Waals surface area contributed by atoms with Crippen LogP contribution in [0, 0.1) is 0 Å². The second kappa shape index (κ2) is 5.20. The fourth-order valence-corrected chi connectivity index (χ4v) is 3.31. The molecule has 3 aromatic heterocycles. The standard InChI is InChI=1S/C15H17N5S/c1-19-10-12(8-17-19)21-15-13(9-16-11-5-6-11)20-7-3-2-4-14(20)18-15/h2-4,7-8,10-11,16H,5-6,9H2,1H3. The molecule has 3 aromatic rings. The van der Waals surface area contributed by atoms with E-state index in [0.29, 0.717) is 6.04 Å². The lowest BCUT2D eigenvalue weighted by atomic mass is 10.4. The van der Waals surface area contributed by atoms with Crippen molar-refractivity contribution in [2.45, 2.75) is 35.3 Å². The highest BCUT2D eigenvalue weighted by Crippen LogP contribution is 2.30. The molecule has 21 heavy (non-hydrogen) atoms. The molecule has 0 aliphatic heterocycles. The van der Waals surface area contributed by atoms with E-state index in [-0.39, 0.29) is 0 Å². The zero-order chi connectivity index (χ0) is 14.2. The van der Waals surface area contributed by atoms with Crippen LogP contribution in [0.15, 0.2) is 46.7 Å². The van der Waals surface area contributed by atoms with Gasteiger partial charge in [-0.2, -0.15) is 5.10 Å². The zero-order valence-electron chi connectivity index (χ0n) is 11.9. The molecule has 1 aliphatic rings. The van der Waals surface area contributed by atoms with Gasteiger partial charge in [0.15, 0.2) is 0 Å². The average Bonchev–Trinajstić information content (AvgIpc) is 3.13. The van der Waals surface area contributed by atoms with Gasteiger partial charge in [0, 0.05) is 32.0 Å². The van der Waals surface area contributed by atoms with Gasteiger partial charge in [-0.3, -0.25) is 4.68 Å². The minimum absolute atomic E-state index is 0.690. The summed E-state index contributed by atoms with van der Waals surface area (Å²) < 4.78 is 3.99. The van der Waals surface area contributed by atoms with Crippen LogP contribution in [-0.4, -0.2) is 25.2 Å². The van der Waals surface area contributed by atoms with Gasteiger partial charge in [0.05, 0.1) is 16.8 Å². The van der Waals surface area contributed by atoms with Crippen molar-refractivity contribution in [1.29, 1.82) is 0 Å². The monoisotopic (exact) mass is 299 g/mol. The van der Waals surface area contributed by atoms with E-state index >= 15 is 0 Å². The fraction of sp³-hybridized carbons (Fsp3) is 0.333. The molecule has 6 heteroatoms. The van der Waals surface area contributed by atoms with Crippen LogP contribution in [0.1, 0.15) is 18.5 Å². The van der Waals surface area contributed by atoms with E-state index in [1.54, 1.807) is 11.8 Å². The lowest BCUT2D eigenvalue weighted by molar-refractivity contribution is 0.661. The number of rotatable bonds is 5. The van der Waals surface area contributed by atoms with Gasteiger partial charge in [0.2, 0.25) is 0 Å². The lowest BCUT2D eigenvalue weighted by Gasteiger charge is -2.05. The first-order valence-electron chi connectivity index (χ1n) is 7.15. The SMILES string of the molecule is Cn1cc(Sc2nc3ccccn3c2CNC2CC2)cn1. The highest BCUT2D eigenvalue weighted by molar-refractivity contribution is 7.99. The van der Waals surface area contributed by atoms with Crippen LogP contribution in [0.4, 0.5) is 0 Å². The van der Waals surface area contributed by atoms with Crippen molar-refractivity contribution in [3.8, 4) is 0 Å². The topological polar surface area (TPSA) is 47.1 Å². The van der Waals surface area contributed by atoms with Crippen LogP contribution in [0.5, 0.6) is 0 Å². The van der Waals surface area contributed by atoms with Crippen LogP contribution in [0.2, 0.25) is 0 Å². The largest absolute Gasteiger partial charge is 0.308 e. The Labute approximate surface area is 127 Å². The molecule has 0 amide bonds. The second-order valence-corrected chi connectivity index (χ2v) is 6.46. The second-order valence-electron chi connectivity index (χ2n) is 5.40. The van der Waals surface area contributed by atoms with Crippen molar-refractivity contribution < 1.29 is 0 Å². The highest BCUT2D eigenvalue weighted by Gasteiger charge is 2.22. The van der Waals surface area contributed by atoms with Gasteiger partial charge in [-0.05, 0) is 25.0 Å². The molecule has 1 aliphatic carbocycles. The Morgan fingerprint density at radius 1 is 1.38 bits per heavy atom. The quantitative estimate of drug-likeness (QED) is 0.786. The van der Waals surface area contributed by atoms with E-state index in [1.807, 2.05) is 42.3 Å². The smallest absolute Gasteiger partial charge is 0.138 e. The summed E-state index contributed by atoms with van der Waals surface area (Å²) in [6.45, 7) is 0.860. The summed E-state index contributed by atoms with van der Waals surface area (Å²) in [6, 6.07) is 6.82. The summed E-state index contributed by atoms with van der Waals surface area (Å²) in [7, 11) is 1.93. The number of aromatic nitrogens is 4. The molecule has 0 bridgehead atoms. The molecular formula is C15H17N5S. The molecule has 3 heterocycles. The maximum atomic E-state index is 4.76. The molecule has 0 atom stereocenters. The molecule has 1 fully saturated rings. The van der Waals surface area contributed by atoms with Crippen LogP contribution in [0.3, 0.4) is 0 Å². The zero-order valence-corrected chi connectivity index (χ0v) is 12.7. The summed E-state index contributed by atoms with van der Waals surface area (Å²) in [5, 5.41) is 8.87. The Kier molecular flexibility index (Phi) is 3.20. The van der Waals surface area contributed by atoms with Gasteiger partial charge in [0.1, 0.15) is 10.7 Å². The number of hydrogen-bond acceptors (Lipinski definition) is 4. The van der Waals surface area contributed by atoms with Crippen LogP contribution >= 0.6 is 11.8 Å². The Balaban J connectivity index is 1.69. The number of nitrogens with one attached hydrogen (secondary N) is 1. The van der Waals surface area contributed by atoms with Gasteiger partial charge in [-0.1, -0.05) is 17.8 Å². The van der Waals surface area contributed by atoms with Gasteiger partial charge in [-0.15, -0.1) is 0 Å². The Bertz CT molecular complexity index is 771. The minimum atomic E-state index is 0.690. The summed E-state index contributed by atoms with van der Waals surface area (Å²) in [6.07, 6.45) is 8.57. The third-order valence-electron chi connectivity index (χ3n) is 3.62. The summed E-state index contributed by atoms with van der Waals surface area (Å²) >= 11 is 1.68. The number of nitrogens with zero attached hydrogens (tertiary/aromatic N) is 4. The van der Waals surface area contributed by atoms with Gasteiger partial charge < -0.3 is 9.72 Å². The van der Waals surface area contributed by atoms with E-state index < -0.39 is 0 Å². The summed E-state index contributed by atoms with van der Waals surface area (Å²) in [5.74, 6) is 0. The third kappa shape index (κ3) is 2.69. The molecule has 4 rings (SSSR count). The number of imidazole rings is 1. The average molecular weight is 299 g/mol. The first-order valence-corrected chi connectivity index (χ1v) is 7.97. The number of pyridine rings is 1. The van der Waals surface area contributed by atoms with Gasteiger partial charge in [-0.25, -0.2) is 4.98 Å². The first kappa shape index (κ1) is 12.9. The predicted octanol–water partition coefficient (Wildman–Crippen LogP) is 2.47. The van der Waals surface area contributed by atoms with Crippen molar-refractivity contribution >= 4 is 17.4 Å². The van der Waals surface area contributed by atoms with E-state index in [1.165, 1.54) is 18.5 Å².